The molecular weight excluding hydrogens is 1400 g/mol. The van der Waals surface area contributed by atoms with E-state index in [1.807, 2.05) is 119 Å². The van der Waals surface area contributed by atoms with E-state index in [9.17, 15) is 0 Å². The fourth-order valence-corrected chi connectivity index (χ4v) is 12.8. The van der Waals surface area contributed by atoms with Gasteiger partial charge in [0.2, 0.25) is 0 Å². The van der Waals surface area contributed by atoms with Crippen LogP contribution in [0.15, 0.2) is 274 Å². The van der Waals surface area contributed by atoms with Gasteiger partial charge in [0.05, 0.1) is 5.65 Å². The first-order chi connectivity index (χ1) is 41.3. The molecule has 0 N–H and O–H groups in total. The van der Waals surface area contributed by atoms with Gasteiger partial charge in [-0.2, -0.15) is 46.6 Å². The standard InChI is InChI=1S/2C21H13BN3.C15H9N2.C15H10N.2Ir/c2*1-3-9-17-15(7-1)16-8-2-4-10-18(16)24-19-11-5-6-12-20(19)25-21(22(17)24)13-14-23-25;1-2-7-13-11(5-1)12-6-3-4-8-14(12)17-10-9-16-15(13)17;1-2-7-13(8-3-1)15-14-9-5-4-6-12(14)10-11-16-15;;/h2*1-11,13-14H;1-6,8-10H;1-7,9-11H;;/q4*-1;;. The molecule has 10 aromatic carbocycles. The van der Waals surface area contributed by atoms with Gasteiger partial charge < -0.3 is 19.0 Å². The van der Waals surface area contributed by atoms with Crippen molar-refractivity contribution in [1.29, 1.82) is 0 Å². The maximum atomic E-state index is 4.58. The fraction of sp³-hybridized carbons (Fsp3) is 0. The van der Waals surface area contributed by atoms with Crippen LogP contribution >= 0.6 is 0 Å². The quantitative estimate of drug-likeness (QED) is 0.0926. The summed E-state index contributed by atoms with van der Waals surface area (Å²) in [5, 5.41) is 15.1. The van der Waals surface area contributed by atoms with E-state index in [-0.39, 0.29) is 53.9 Å². The molecule has 0 saturated carbocycles. The van der Waals surface area contributed by atoms with Crippen LogP contribution in [0.5, 0.6) is 0 Å². The maximum Gasteiger partial charge on any atom is 0.337 e. The van der Waals surface area contributed by atoms with Crippen molar-refractivity contribution in [3.05, 3.63) is 298 Å². The molecule has 0 saturated heterocycles. The van der Waals surface area contributed by atoms with Gasteiger partial charge in [-0.15, -0.1) is 77.7 Å². The van der Waals surface area contributed by atoms with Crippen molar-refractivity contribution in [2.24, 2.45) is 0 Å². The Bertz CT molecular complexity index is 4710. The zero-order valence-electron chi connectivity index (χ0n) is 45.3. The van der Waals surface area contributed by atoms with E-state index in [1.54, 1.807) is 0 Å². The van der Waals surface area contributed by atoms with Gasteiger partial charge in [-0.3, -0.25) is 14.3 Å². The molecule has 13 heteroatoms. The monoisotopic (exact) mass is 1440 g/mol. The minimum Gasteiger partial charge on any atom is -0.429 e. The molecular formula is C72H45B2Ir2N9-4. The molecule has 0 aliphatic carbocycles. The molecule has 0 unspecified atom stereocenters. The van der Waals surface area contributed by atoms with Crippen molar-refractivity contribution >= 4 is 96.7 Å². The summed E-state index contributed by atoms with van der Waals surface area (Å²) in [6.45, 7) is 0.244. The summed E-state index contributed by atoms with van der Waals surface area (Å²) in [4.78, 5) is 13.7. The Morgan fingerprint density at radius 1 is 0.365 bits per heavy atom. The predicted molar refractivity (Wildman–Crippen MR) is 338 cm³/mol. The molecule has 4 aliphatic rings. The van der Waals surface area contributed by atoms with Crippen LogP contribution in [-0.2, 0) is 40.2 Å². The molecule has 4 aliphatic heterocycles. The molecule has 0 spiro atoms. The molecule has 2 radical (unpaired) electrons. The van der Waals surface area contributed by atoms with Gasteiger partial charge in [0.25, 0.3) is 0 Å². The van der Waals surface area contributed by atoms with Crippen molar-refractivity contribution in [2.45, 2.75) is 0 Å². The Morgan fingerprint density at radius 2 is 0.871 bits per heavy atom. The number of rotatable bonds is 1. The predicted octanol–water partition coefficient (Wildman–Crippen LogP) is 13.0. The van der Waals surface area contributed by atoms with Gasteiger partial charge in [-0.25, -0.2) is 0 Å². The molecule has 406 valence electrons. The number of anilines is 4. The third-order valence-electron chi connectivity index (χ3n) is 16.2. The number of aromatic nitrogens is 7. The maximum absolute atomic E-state index is 4.58. The van der Waals surface area contributed by atoms with Crippen LogP contribution in [-0.4, -0.2) is 47.6 Å². The number of para-hydroxylation sites is 5. The van der Waals surface area contributed by atoms with E-state index < -0.39 is 0 Å². The Labute approximate surface area is 519 Å². The summed E-state index contributed by atoms with van der Waals surface area (Å²) >= 11 is 0. The second kappa shape index (κ2) is 22.4. The number of imidazole rings is 1. The molecule has 85 heavy (non-hydrogen) atoms. The summed E-state index contributed by atoms with van der Waals surface area (Å²) < 4.78 is 6.18. The van der Waals surface area contributed by atoms with Crippen LogP contribution in [0.1, 0.15) is 0 Å². The van der Waals surface area contributed by atoms with Gasteiger partial charge in [-0.05, 0) is 91.7 Å². The fourth-order valence-electron chi connectivity index (χ4n) is 12.8. The molecule has 0 fully saturated rings. The Kier molecular flexibility index (Phi) is 14.1. The second-order valence-electron chi connectivity index (χ2n) is 20.7. The summed E-state index contributed by atoms with van der Waals surface area (Å²) in [5.74, 6) is 0. The van der Waals surface area contributed by atoms with E-state index in [2.05, 4.69) is 222 Å². The molecule has 5 aromatic heterocycles. The Balaban J connectivity index is 0.000000102. The molecule has 0 bridgehead atoms. The SMILES string of the molecule is [Ir].[Ir].[c-]1cccc2c1-n1nccc1B1c3ccccc3-c3ccccc3N12.[c-]1cccc2c1-n1nccc1B1c3ccccc3-c3ccccc3N12.[c-]1cccc2c1c1nccn1c1ccccc21.[c-]1ccccc1-c1nccc2ccccc12. The summed E-state index contributed by atoms with van der Waals surface area (Å²) in [6.07, 6.45) is 9.44. The van der Waals surface area contributed by atoms with Gasteiger partial charge in [0.1, 0.15) is 0 Å². The minimum atomic E-state index is 0. The number of pyridine rings is 2. The number of nitrogens with zero attached hydrogens (tertiary/aromatic N) is 9. The summed E-state index contributed by atoms with van der Waals surface area (Å²) in [5.41, 5.74) is 21.1. The van der Waals surface area contributed by atoms with Crippen molar-refractivity contribution in [3.8, 4) is 44.9 Å². The van der Waals surface area contributed by atoms with E-state index in [4.69, 9.17) is 0 Å². The zero-order chi connectivity index (χ0) is 54.8. The topological polar surface area (TPSA) is 72.3 Å². The van der Waals surface area contributed by atoms with Gasteiger partial charge in [-0.1, -0.05) is 144 Å². The number of hydrogen-bond donors (Lipinski definition) is 0. The van der Waals surface area contributed by atoms with E-state index in [0.29, 0.717) is 0 Å². The summed E-state index contributed by atoms with van der Waals surface area (Å²) in [7, 11) is 0. The Morgan fingerprint density at radius 3 is 1.51 bits per heavy atom. The summed E-state index contributed by atoms with van der Waals surface area (Å²) in [6, 6.07) is 97.2. The first-order valence-corrected chi connectivity index (χ1v) is 27.8. The molecule has 9 heterocycles. The largest absolute Gasteiger partial charge is 0.429 e. The van der Waals surface area contributed by atoms with Crippen LogP contribution in [0.4, 0.5) is 22.7 Å². The average molecular weight is 1440 g/mol. The van der Waals surface area contributed by atoms with Crippen LogP contribution in [0, 0.1) is 24.3 Å². The molecule has 19 rings (SSSR count). The third kappa shape index (κ3) is 8.86. The van der Waals surface area contributed by atoms with Crippen LogP contribution in [0.2, 0.25) is 0 Å². The second-order valence-corrected chi connectivity index (χ2v) is 20.7. The van der Waals surface area contributed by atoms with E-state index in [0.717, 1.165) is 45.0 Å². The van der Waals surface area contributed by atoms with Crippen LogP contribution in [0.3, 0.4) is 0 Å². The smallest absolute Gasteiger partial charge is 0.337 e. The van der Waals surface area contributed by atoms with Crippen LogP contribution in [0.25, 0.3) is 83.0 Å². The van der Waals surface area contributed by atoms with E-state index >= 15 is 0 Å². The number of fused-ring (bicyclic) bond motifs is 29. The number of benzene rings is 10. The average Bonchev–Trinajstić information content (AvgIpc) is 1.91. The normalized spacial score (nSPS) is 12.2. The van der Waals surface area contributed by atoms with Crippen molar-refractivity contribution in [2.75, 3.05) is 9.62 Å². The third-order valence-corrected chi connectivity index (χ3v) is 16.2. The van der Waals surface area contributed by atoms with Crippen LogP contribution < -0.4 is 31.7 Å². The molecule has 0 atom stereocenters. The van der Waals surface area contributed by atoms with Gasteiger partial charge in [0.15, 0.2) is 0 Å². The van der Waals surface area contributed by atoms with Gasteiger partial charge in [0, 0.05) is 110 Å². The molecule has 0 amide bonds. The minimum absolute atomic E-state index is 0. The molecule has 9 nitrogen and oxygen atoms in total. The van der Waals surface area contributed by atoms with Crippen molar-refractivity contribution < 1.29 is 40.2 Å². The van der Waals surface area contributed by atoms with E-state index in [1.165, 1.54) is 82.8 Å². The first-order valence-electron chi connectivity index (χ1n) is 27.8. The van der Waals surface area contributed by atoms with Gasteiger partial charge >= 0.3 is 13.7 Å². The Hall–Kier alpha value is -9.73. The zero-order valence-corrected chi connectivity index (χ0v) is 50.1. The first kappa shape index (κ1) is 53.3. The van der Waals surface area contributed by atoms with Crippen molar-refractivity contribution in [3.63, 3.8) is 0 Å². The van der Waals surface area contributed by atoms with Crippen molar-refractivity contribution in [1.82, 2.24) is 33.9 Å². The molecule has 15 aromatic rings. The number of hydrogen-bond acceptors (Lipinski definition) is 6.